The molecule has 0 unspecified atom stereocenters. The van der Waals surface area contributed by atoms with Crippen molar-refractivity contribution in [3.63, 3.8) is 0 Å². The molecule has 1 aromatic carbocycles. The Bertz CT molecular complexity index is 743. The molecule has 0 spiro atoms. The summed E-state index contributed by atoms with van der Waals surface area (Å²) in [5.74, 6) is 1.99. The van der Waals surface area contributed by atoms with Gasteiger partial charge in [-0.1, -0.05) is 5.92 Å². The number of hydrogen-bond acceptors (Lipinski definition) is 3. The van der Waals surface area contributed by atoms with E-state index in [2.05, 4.69) is 17.7 Å². The Labute approximate surface area is 143 Å². The Morgan fingerprint density at radius 2 is 2.12 bits per heavy atom. The van der Waals surface area contributed by atoms with E-state index in [1.165, 1.54) is 6.42 Å². The summed E-state index contributed by atoms with van der Waals surface area (Å²) in [6, 6.07) is 10.3. The monoisotopic (exact) mass is 322 g/mol. The fraction of sp³-hybridized carbons (Fsp3) is 0.350. The molecule has 0 N–H and O–H groups in total. The first-order valence-electron chi connectivity index (χ1n) is 8.35. The largest absolute Gasteiger partial charge is 0.449 e. The van der Waals surface area contributed by atoms with Gasteiger partial charge in [0.25, 0.3) is 0 Å². The first kappa shape index (κ1) is 16.2. The highest BCUT2D eigenvalue weighted by atomic mass is 16.5. The first-order valence-corrected chi connectivity index (χ1v) is 8.35. The van der Waals surface area contributed by atoms with Crippen molar-refractivity contribution in [1.29, 1.82) is 0 Å². The highest BCUT2D eigenvalue weighted by molar-refractivity contribution is 5.96. The lowest BCUT2D eigenvalue weighted by Gasteiger charge is -2.36. The number of anilines is 1. The predicted molar refractivity (Wildman–Crippen MR) is 95.5 cm³/mol. The third-order valence-electron chi connectivity index (χ3n) is 4.50. The summed E-state index contributed by atoms with van der Waals surface area (Å²) in [6.07, 6.45) is 12.6. The number of carbonyl (C=O) groups is 1. The van der Waals surface area contributed by atoms with Crippen LogP contribution in [-0.2, 0) is 4.74 Å². The molecule has 0 aliphatic carbocycles. The number of aromatic nitrogens is 1. The van der Waals surface area contributed by atoms with Gasteiger partial charge in [-0.15, -0.1) is 6.42 Å². The van der Waals surface area contributed by atoms with Gasteiger partial charge in [0.15, 0.2) is 6.61 Å². The minimum atomic E-state index is -0.366. The Hall–Kier alpha value is -2.67. The normalized spacial score (nSPS) is 17.3. The highest BCUT2D eigenvalue weighted by Gasteiger charge is 2.24. The molecule has 1 fully saturated rings. The van der Waals surface area contributed by atoms with Crippen LogP contribution in [0.4, 0.5) is 5.69 Å². The molecule has 124 valence electrons. The number of hydrogen-bond donors (Lipinski definition) is 0. The predicted octanol–water partition coefficient (Wildman–Crippen LogP) is 3.65. The van der Waals surface area contributed by atoms with Gasteiger partial charge in [-0.25, -0.2) is 4.79 Å². The Morgan fingerprint density at radius 1 is 1.33 bits per heavy atom. The van der Waals surface area contributed by atoms with Crippen LogP contribution in [0.2, 0.25) is 0 Å². The maximum absolute atomic E-state index is 12.5. The van der Waals surface area contributed by atoms with Gasteiger partial charge in [0, 0.05) is 30.7 Å². The lowest BCUT2D eigenvalue weighted by atomic mass is 10.0. The Morgan fingerprint density at radius 3 is 2.83 bits per heavy atom. The highest BCUT2D eigenvalue weighted by Crippen LogP contribution is 2.30. The second kappa shape index (κ2) is 7.27. The van der Waals surface area contributed by atoms with Crippen molar-refractivity contribution in [2.45, 2.75) is 32.2 Å². The molecule has 3 rings (SSSR count). The molecule has 24 heavy (non-hydrogen) atoms. The molecule has 2 heterocycles. The van der Waals surface area contributed by atoms with Gasteiger partial charge in [-0.2, -0.15) is 0 Å². The zero-order chi connectivity index (χ0) is 16.9. The number of rotatable bonds is 4. The van der Waals surface area contributed by atoms with E-state index in [4.69, 9.17) is 11.2 Å². The van der Waals surface area contributed by atoms with E-state index in [1.54, 1.807) is 0 Å². The molecular weight excluding hydrogens is 300 g/mol. The number of terminal acetylenes is 1. The van der Waals surface area contributed by atoms with Crippen LogP contribution in [0.3, 0.4) is 0 Å². The molecule has 4 heteroatoms. The number of carbonyl (C=O) groups excluding carboxylic acids is 1. The number of benzene rings is 1. The maximum Gasteiger partial charge on any atom is 0.341 e. The quantitative estimate of drug-likeness (QED) is 0.636. The second-order valence-electron chi connectivity index (χ2n) is 6.11. The van der Waals surface area contributed by atoms with Gasteiger partial charge in [0.05, 0.1) is 11.3 Å². The molecule has 1 aliphatic heterocycles. The smallest absolute Gasteiger partial charge is 0.341 e. The summed E-state index contributed by atoms with van der Waals surface area (Å²) in [5, 5.41) is 0. The van der Waals surface area contributed by atoms with Gasteiger partial charge in [-0.05, 0) is 56.5 Å². The van der Waals surface area contributed by atoms with Crippen LogP contribution in [0, 0.1) is 12.3 Å². The van der Waals surface area contributed by atoms with E-state index >= 15 is 0 Å². The van der Waals surface area contributed by atoms with E-state index in [0.29, 0.717) is 11.6 Å². The van der Waals surface area contributed by atoms with Crippen LogP contribution >= 0.6 is 0 Å². The van der Waals surface area contributed by atoms with E-state index in [1.807, 2.05) is 47.3 Å². The molecule has 1 saturated heterocycles. The number of ether oxygens (including phenoxy) is 1. The molecular formula is C20H22N2O2. The zero-order valence-electron chi connectivity index (χ0n) is 13.9. The van der Waals surface area contributed by atoms with E-state index in [0.717, 1.165) is 30.8 Å². The van der Waals surface area contributed by atoms with Crippen LogP contribution in [0.5, 0.6) is 0 Å². The topological polar surface area (TPSA) is 34.5 Å². The first-order chi connectivity index (χ1) is 11.7. The molecule has 0 bridgehead atoms. The molecule has 0 saturated carbocycles. The summed E-state index contributed by atoms with van der Waals surface area (Å²) in [6.45, 7) is 3.15. The summed E-state index contributed by atoms with van der Waals surface area (Å²) in [5.41, 5.74) is 2.44. The van der Waals surface area contributed by atoms with Gasteiger partial charge in [0.2, 0.25) is 0 Å². The zero-order valence-corrected chi connectivity index (χ0v) is 13.9. The lowest BCUT2D eigenvalue weighted by molar-refractivity contribution is 0.0557. The molecule has 0 radical (unpaired) electrons. The van der Waals surface area contributed by atoms with Crippen molar-refractivity contribution in [2.24, 2.45) is 0 Å². The maximum atomic E-state index is 12.5. The molecule has 0 amide bonds. The van der Waals surface area contributed by atoms with Crippen molar-refractivity contribution in [2.75, 3.05) is 18.1 Å². The van der Waals surface area contributed by atoms with Crippen molar-refractivity contribution >= 4 is 11.7 Å². The van der Waals surface area contributed by atoms with Gasteiger partial charge in [0.1, 0.15) is 0 Å². The Kier molecular flexibility index (Phi) is 4.90. The van der Waals surface area contributed by atoms with Gasteiger partial charge in [-0.3, -0.25) is 0 Å². The summed E-state index contributed by atoms with van der Waals surface area (Å²) in [7, 11) is 0. The third-order valence-corrected chi connectivity index (χ3v) is 4.50. The van der Waals surface area contributed by atoms with Gasteiger partial charge >= 0.3 is 5.97 Å². The number of nitrogens with zero attached hydrogens (tertiary/aromatic N) is 2. The van der Waals surface area contributed by atoms with Crippen LogP contribution in [-0.4, -0.2) is 29.7 Å². The van der Waals surface area contributed by atoms with Crippen LogP contribution < -0.4 is 4.90 Å². The van der Waals surface area contributed by atoms with Crippen molar-refractivity contribution in [1.82, 2.24) is 4.57 Å². The van der Waals surface area contributed by atoms with Crippen LogP contribution in [0.1, 0.15) is 36.5 Å². The average Bonchev–Trinajstić information content (AvgIpc) is 3.14. The molecule has 1 aliphatic rings. The number of piperidine rings is 1. The number of esters is 1. The van der Waals surface area contributed by atoms with Crippen LogP contribution in [0.15, 0.2) is 42.7 Å². The second-order valence-corrected chi connectivity index (χ2v) is 6.11. The van der Waals surface area contributed by atoms with Crippen molar-refractivity contribution < 1.29 is 9.53 Å². The SMILES string of the molecule is C#CCOC(=O)c1cc(-n2cccc2)ccc1N1CCCC[C@H]1C. The minimum absolute atomic E-state index is 0.0123. The van der Waals surface area contributed by atoms with E-state index in [9.17, 15) is 4.79 Å². The lowest BCUT2D eigenvalue weighted by Crippen LogP contribution is -2.38. The van der Waals surface area contributed by atoms with E-state index < -0.39 is 0 Å². The molecule has 1 aromatic heterocycles. The third kappa shape index (κ3) is 3.30. The fourth-order valence-corrected chi connectivity index (χ4v) is 3.25. The van der Waals surface area contributed by atoms with Gasteiger partial charge < -0.3 is 14.2 Å². The minimum Gasteiger partial charge on any atom is -0.449 e. The average molecular weight is 322 g/mol. The summed E-state index contributed by atoms with van der Waals surface area (Å²) in [4.78, 5) is 14.8. The van der Waals surface area contributed by atoms with Crippen molar-refractivity contribution in [3.05, 3.63) is 48.3 Å². The van der Waals surface area contributed by atoms with E-state index in [-0.39, 0.29) is 12.6 Å². The van der Waals surface area contributed by atoms with Crippen molar-refractivity contribution in [3.8, 4) is 18.0 Å². The fourth-order valence-electron chi connectivity index (χ4n) is 3.25. The molecule has 4 nitrogen and oxygen atoms in total. The standard InChI is InChI=1S/C20H22N2O2/c1-3-14-24-20(23)18-15-17(21-11-6-7-12-21)9-10-19(18)22-13-5-4-8-16(22)2/h1,6-7,9-12,15-16H,4-5,8,13-14H2,2H3/t16-/m1/s1. The summed E-state index contributed by atoms with van der Waals surface area (Å²) >= 11 is 0. The molecule has 2 aromatic rings. The van der Waals surface area contributed by atoms with Crippen LogP contribution in [0.25, 0.3) is 5.69 Å². The Balaban J connectivity index is 2.00. The summed E-state index contributed by atoms with van der Waals surface area (Å²) < 4.78 is 7.18. The molecule has 1 atom stereocenters.